The molecule has 0 bridgehead atoms. The van der Waals surface area contributed by atoms with Crippen molar-refractivity contribution in [3.63, 3.8) is 0 Å². The number of benzene rings is 1. The molecular weight excluding hydrogens is 280 g/mol. The summed E-state index contributed by atoms with van der Waals surface area (Å²) >= 11 is 0. The monoisotopic (exact) mass is 306 g/mol. The average molecular weight is 306 g/mol. The number of rotatable bonds is 7. The number of ether oxygens (including phenoxy) is 2. The molecule has 5 heteroatoms. The van der Waals surface area contributed by atoms with Gasteiger partial charge in [-0.05, 0) is 25.0 Å². The highest BCUT2D eigenvalue weighted by molar-refractivity contribution is 5.95. The van der Waals surface area contributed by atoms with Crippen LogP contribution >= 0.6 is 0 Å². The molecular formula is C17H26N2O3. The molecule has 122 valence electrons. The summed E-state index contributed by atoms with van der Waals surface area (Å²) in [5, 5.41) is 2.96. The summed E-state index contributed by atoms with van der Waals surface area (Å²) in [5.74, 6) is -0.127. The zero-order chi connectivity index (χ0) is 15.6. The van der Waals surface area contributed by atoms with Crippen LogP contribution in [0.4, 0.5) is 11.4 Å². The number of hydrogen-bond donors (Lipinski definition) is 1. The van der Waals surface area contributed by atoms with Gasteiger partial charge >= 0.3 is 0 Å². The third kappa shape index (κ3) is 5.31. The van der Waals surface area contributed by atoms with E-state index in [0.29, 0.717) is 13.2 Å². The number of methoxy groups -OCH3 is 1. The van der Waals surface area contributed by atoms with E-state index in [1.807, 2.05) is 18.2 Å². The highest BCUT2D eigenvalue weighted by Crippen LogP contribution is 2.27. The van der Waals surface area contributed by atoms with E-state index in [-0.39, 0.29) is 12.5 Å². The number of nitrogens with zero attached hydrogens (tertiary/aromatic N) is 1. The van der Waals surface area contributed by atoms with Gasteiger partial charge in [-0.3, -0.25) is 4.79 Å². The van der Waals surface area contributed by atoms with Crippen molar-refractivity contribution in [1.29, 1.82) is 0 Å². The number of carbonyl (C=O) groups excluding carboxylic acids is 1. The van der Waals surface area contributed by atoms with Crippen LogP contribution in [0.3, 0.4) is 0 Å². The Hall–Kier alpha value is -1.59. The number of para-hydroxylation sites is 2. The average Bonchev–Trinajstić information content (AvgIpc) is 2.81. The van der Waals surface area contributed by atoms with Gasteiger partial charge in [-0.1, -0.05) is 25.0 Å². The molecule has 0 unspecified atom stereocenters. The van der Waals surface area contributed by atoms with E-state index in [4.69, 9.17) is 9.47 Å². The third-order valence-electron chi connectivity index (χ3n) is 3.79. The zero-order valence-electron chi connectivity index (χ0n) is 13.3. The lowest BCUT2D eigenvalue weighted by Gasteiger charge is -2.25. The summed E-state index contributed by atoms with van der Waals surface area (Å²) in [4.78, 5) is 14.4. The molecule has 0 aromatic heterocycles. The predicted molar refractivity (Wildman–Crippen MR) is 88.4 cm³/mol. The normalized spacial score (nSPS) is 15.4. The first-order chi connectivity index (χ1) is 10.8. The molecule has 2 rings (SSSR count). The highest BCUT2D eigenvalue weighted by atomic mass is 16.5. The Morgan fingerprint density at radius 2 is 1.86 bits per heavy atom. The minimum Gasteiger partial charge on any atom is -0.382 e. The lowest BCUT2D eigenvalue weighted by molar-refractivity contribution is -0.121. The van der Waals surface area contributed by atoms with Crippen molar-refractivity contribution in [2.75, 3.05) is 50.2 Å². The molecule has 22 heavy (non-hydrogen) atoms. The van der Waals surface area contributed by atoms with Gasteiger partial charge in [0.25, 0.3) is 0 Å². The van der Waals surface area contributed by atoms with Gasteiger partial charge in [0.15, 0.2) is 0 Å². The molecule has 1 saturated heterocycles. The third-order valence-corrected chi connectivity index (χ3v) is 3.79. The molecule has 1 aliphatic heterocycles. The number of anilines is 2. The second-order valence-corrected chi connectivity index (χ2v) is 5.51. The van der Waals surface area contributed by atoms with Crippen LogP contribution in [0.5, 0.6) is 0 Å². The first-order valence-electron chi connectivity index (χ1n) is 8.02. The summed E-state index contributed by atoms with van der Waals surface area (Å²) in [6, 6.07) is 7.99. The molecule has 5 nitrogen and oxygen atoms in total. The van der Waals surface area contributed by atoms with E-state index in [1.165, 1.54) is 25.7 Å². The Bertz CT molecular complexity index is 457. The largest absolute Gasteiger partial charge is 0.382 e. The van der Waals surface area contributed by atoms with Crippen LogP contribution in [0, 0.1) is 0 Å². The fourth-order valence-electron chi connectivity index (χ4n) is 2.66. The smallest absolute Gasteiger partial charge is 0.250 e. The maximum Gasteiger partial charge on any atom is 0.250 e. The van der Waals surface area contributed by atoms with Crippen LogP contribution in [0.15, 0.2) is 24.3 Å². The van der Waals surface area contributed by atoms with E-state index in [0.717, 1.165) is 24.5 Å². The standard InChI is InChI=1S/C17H26N2O3/c1-21-12-13-22-14-17(20)18-15-8-4-5-9-16(15)19-10-6-2-3-7-11-19/h4-5,8-9H,2-3,6-7,10-14H2,1H3,(H,18,20). The molecule has 0 aliphatic carbocycles. The molecule has 0 radical (unpaired) electrons. The summed E-state index contributed by atoms with van der Waals surface area (Å²) < 4.78 is 10.2. The minimum atomic E-state index is -0.127. The van der Waals surface area contributed by atoms with Crippen molar-refractivity contribution in [2.24, 2.45) is 0 Å². The van der Waals surface area contributed by atoms with Gasteiger partial charge in [0, 0.05) is 20.2 Å². The van der Waals surface area contributed by atoms with Crippen molar-refractivity contribution in [2.45, 2.75) is 25.7 Å². The number of amides is 1. The fraction of sp³-hybridized carbons (Fsp3) is 0.588. The Morgan fingerprint density at radius 3 is 2.59 bits per heavy atom. The van der Waals surface area contributed by atoms with Crippen molar-refractivity contribution >= 4 is 17.3 Å². The minimum absolute atomic E-state index is 0.0533. The van der Waals surface area contributed by atoms with E-state index in [1.54, 1.807) is 7.11 Å². The van der Waals surface area contributed by atoms with Crippen molar-refractivity contribution < 1.29 is 14.3 Å². The summed E-state index contributed by atoms with van der Waals surface area (Å²) in [7, 11) is 1.61. The highest BCUT2D eigenvalue weighted by Gasteiger charge is 2.14. The van der Waals surface area contributed by atoms with Gasteiger partial charge in [-0.25, -0.2) is 0 Å². The molecule has 1 amide bonds. The van der Waals surface area contributed by atoms with Gasteiger partial charge in [0.2, 0.25) is 5.91 Å². The Morgan fingerprint density at radius 1 is 1.14 bits per heavy atom. The van der Waals surface area contributed by atoms with Crippen LogP contribution in [-0.4, -0.2) is 45.9 Å². The first-order valence-corrected chi connectivity index (χ1v) is 8.02. The number of hydrogen-bond acceptors (Lipinski definition) is 4. The molecule has 1 aromatic rings. The molecule has 1 aromatic carbocycles. The van der Waals surface area contributed by atoms with Crippen molar-refractivity contribution in [3.8, 4) is 0 Å². The number of carbonyl (C=O) groups is 1. The first kappa shape index (κ1) is 16.8. The van der Waals surface area contributed by atoms with Crippen LogP contribution < -0.4 is 10.2 Å². The maximum absolute atomic E-state index is 12.0. The van der Waals surface area contributed by atoms with E-state index >= 15 is 0 Å². The lowest BCUT2D eigenvalue weighted by Crippen LogP contribution is -2.26. The molecule has 1 aliphatic rings. The molecule has 1 N–H and O–H groups in total. The second kappa shape index (κ2) is 9.43. The molecule has 0 atom stereocenters. The molecule has 0 saturated carbocycles. The molecule has 1 heterocycles. The van der Waals surface area contributed by atoms with Crippen molar-refractivity contribution in [3.05, 3.63) is 24.3 Å². The van der Waals surface area contributed by atoms with Gasteiger partial charge in [0.1, 0.15) is 6.61 Å². The molecule has 1 fully saturated rings. The zero-order valence-corrected chi connectivity index (χ0v) is 13.3. The Kier molecular flexibility index (Phi) is 7.19. The van der Waals surface area contributed by atoms with Crippen LogP contribution in [-0.2, 0) is 14.3 Å². The van der Waals surface area contributed by atoms with E-state index in [9.17, 15) is 4.79 Å². The fourth-order valence-corrected chi connectivity index (χ4v) is 2.66. The summed E-state index contributed by atoms with van der Waals surface area (Å²) in [6.07, 6.45) is 5.00. The van der Waals surface area contributed by atoms with E-state index < -0.39 is 0 Å². The quantitative estimate of drug-likeness (QED) is 0.787. The van der Waals surface area contributed by atoms with Gasteiger partial charge in [0.05, 0.1) is 24.6 Å². The van der Waals surface area contributed by atoms with Crippen LogP contribution in [0.25, 0.3) is 0 Å². The van der Waals surface area contributed by atoms with Gasteiger partial charge < -0.3 is 19.7 Å². The topological polar surface area (TPSA) is 50.8 Å². The SMILES string of the molecule is COCCOCC(=O)Nc1ccccc1N1CCCCCC1. The summed E-state index contributed by atoms with van der Waals surface area (Å²) in [6.45, 7) is 3.08. The summed E-state index contributed by atoms with van der Waals surface area (Å²) in [5.41, 5.74) is 1.97. The number of nitrogens with one attached hydrogen (secondary N) is 1. The maximum atomic E-state index is 12.0. The Balaban J connectivity index is 1.94. The van der Waals surface area contributed by atoms with Crippen LogP contribution in [0.1, 0.15) is 25.7 Å². The Labute approximate surface area is 132 Å². The van der Waals surface area contributed by atoms with E-state index in [2.05, 4.69) is 16.3 Å². The van der Waals surface area contributed by atoms with Crippen molar-refractivity contribution in [1.82, 2.24) is 0 Å². The predicted octanol–water partition coefficient (Wildman–Crippen LogP) is 2.67. The van der Waals surface area contributed by atoms with Crippen LogP contribution in [0.2, 0.25) is 0 Å². The molecule has 0 spiro atoms. The second-order valence-electron chi connectivity index (χ2n) is 5.51. The van der Waals surface area contributed by atoms with Gasteiger partial charge in [-0.15, -0.1) is 0 Å². The van der Waals surface area contributed by atoms with Gasteiger partial charge in [-0.2, -0.15) is 0 Å². The lowest BCUT2D eigenvalue weighted by atomic mass is 10.2.